The van der Waals surface area contributed by atoms with Gasteiger partial charge in [0.05, 0.1) is 18.9 Å². The van der Waals surface area contributed by atoms with E-state index >= 15 is 0 Å². The molecule has 1 saturated heterocycles. The summed E-state index contributed by atoms with van der Waals surface area (Å²) in [4.78, 5) is 8.41. The van der Waals surface area contributed by atoms with Gasteiger partial charge in [0.15, 0.2) is 5.13 Å². The molecule has 0 atom stereocenters. The van der Waals surface area contributed by atoms with Crippen molar-refractivity contribution < 1.29 is 4.74 Å². The molecule has 0 unspecified atom stereocenters. The number of rotatable bonds is 4. The molecule has 1 fully saturated rings. The molecule has 0 aromatic carbocycles. The average molecular weight is 241 g/mol. The van der Waals surface area contributed by atoms with E-state index in [-0.39, 0.29) is 0 Å². The van der Waals surface area contributed by atoms with Crippen LogP contribution < -0.4 is 10.2 Å². The Kier molecular flexibility index (Phi) is 4.15. The molecule has 0 aliphatic carbocycles. The normalized spacial score (nSPS) is 16.8. The van der Waals surface area contributed by atoms with Crippen LogP contribution in [0.15, 0.2) is 0 Å². The monoisotopic (exact) mass is 241 g/mol. The highest BCUT2D eigenvalue weighted by Crippen LogP contribution is 2.27. The molecule has 16 heavy (non-hydrogen) atoms. The fourth-order valence-corrected chi connectivity index (χ4v) is 3.05. The molecule has 4 nitrogen and oxygen atoms in total. The van der Waals surface area contributed by atoms with Gasteiger partial charge in [0.1, 0.15) is 0 Å². The summed E-state index contributed by atoms with van der Waals surface area (Å²) in [5.41, 5.74) is 1.24. The second-order valence-electron chi connectivity index (χ2n) is 3.85. The average Bonchev–Trinajstić information content (AvgIpc) is 2.74. The third-order valence-corrected chi connectivity index (χ3v) is 3.88. The van der Waals surface area contributed by atoms with Crippen molar-refractivity contribution in [1.82, 2.24) is 10.3 Å². The van der Waals surface area contributed by atoms with Crippen molar-refractivity contribution >= 4 is 16.5 Å². The number of aromatic nitrogens is 1. The lowest BCUT2D eigenvalue weighted by Gasteiger charge is -2.26. The molecule has 0 radical (unpaired) electrons. The van der Waals surface area contributed by atoms with Gasteiger partial charge >= 0.3 is 0 Å². The van der Waals surface area contributed by atoms with Crippen molar-refractivity contribution in [2.75, 3.05) is 38.3 Å². The van der Waals surface area contributed by atoms with Gasteiger partial charge < -0.3 is 15.0 Å². The number of morpholine rings is 1. The van der Waals surface area contributed by atoms with E-state index in [2.05, 4.69) is 17.1 Å². The highest BCUT2D eigenvalue weighted by Gasteiger charge is 2.17. The lowest BCUT2D eigenvalue weighted by Crippen LogP contribution is -2.36. The third-order valence-electron chi connectivity index (χ3n) is 2.72. The van der Waals surface area contributed by atoms with Crippen LogP contribution >= 0.6 is 11.3 Å². The topological polar surface area (TPSA) is 37.4 Å². The van der Waals surface area contributed by atoms with Crippen LogP contribution in [-0.2, 0) is 17.7 Å². The minimum atomic E-state index is 0.822. The fourth-order valence-electron chi connectivity index (χ4n) is 1.83. The van der Waals surface area contributed by atoms with Crippen LogP contribution in [0.5, 0.6) is 0 Å². The highest BCUT2D eigenvalue weighted by molar-refractivity contribution is 7.15. The van der Waals surface area contributed by atoms with Crippen molar-refractivity contribution in [2.24, 2.45) is 0 Å². The highest BCUT2D eigenvalue weighted by atomic mass is 32.1. The van der Waals surface area contributed by atoms with E-state index in [0.717, 1.165) is 44.4 Å². The zero-order valence-electron chi connectivity index (χ0n) is 9.95. The van der Waals surface area contributed by atoms with E-state index in [1.54, 1.807) is 0 Å². The van der Waals surface area contributed by atoms with Gasteiger partial charge in [0.25, 0.3) is 0 Å². The molecule has 2 rings (SSSR count). The zero-order valence-corrected chi connectivity index (χ0v) is 10.8. The molecule has 0 bridgehead atoms. The van der Waals surface area contributed by atoms with Crippen molar-refractivity contribution in [3.05, 3.63) is 10.6 Å². The maximum absolute atomic E-state index is 5.35. The minimum Gasteiger partial charge on any atom is -0.378 e. The van der Waals surface area contributed by atoms with Crippen LogP contribution in [0.1, 0.15) is 17.5 Å². The molecule has 1 aliphatic heterocycles. The summed E-state index contributed by atoms with van der Waals surface area (Å²) < 4.78 is 5.35. The third kappa shape index (κ3) is 2.53. The molecule has 1 N–H and O–H groups in total. The number of hydrogen-bond donors (Lipinski definition) is 1. The summed E-state index contributed by atoms with van der Waals surface area (Å²) in [6, 6.07) is 0. The van der Waals surface area contributed by atoms with Crippen LogP contribution in [-0.4, -0.2) is 38.3 Å². The number of aryl methyl sites for hydroxylation is 1. The summed E-state index contributed by atoms with van der Waals surface area (Å²) in [5.74, 6) is 0. The molecule has 0 spiro atoms. The lowest BCUT2D eigenvalue weighted by atomic mass is 10.3. The second kappa shape index (κ2) is 5.61. The second-order valence-corrected chi connectivity index (χ2v) is 4.91. The molecule has 1 aromatic heterocycles. The maximum atomic E-state index is 5.35. The van der Waals surface area contributed by atoms with E-state index in [4.69, 9.17) is 9.72 Å². The van der Waals surface area contributed by atoms with Crippen LogP contribution in [0.2, 0.25) is 0 Å². The van der Waals surface area contributed by atoms with Gasteiger partial charge in [-0.1, -0.05) is 6.92 Å². The van der Waals surface area contributed by atoms with E-state index < -0.39 is 0 Å². The Labute approximate surface area is 101 Å². The summed E-state index contributed by atoms with van der Waals surface area (Å²) in [5, 5.41) is 4.36. The first kappa shape index (κ1) is 11.8. The summed E-state index contributed by atoms with van der Waals surface area (Å²) in [6.07, 6.45) is 1.01. The largest absolute Gasteiger partial charge is 0.378 e. The number of thiazole rings is 1. The molecule has 1 aliphatic rings. The van der Waals surface area contributed by atoms with Crippen LogP contribution in [0.4, 0.5) is 5.13 Å². The number of nitrogens with zero attached hydrogens (tertiary/aromatic N) is 2. The predicted molar refractivity (Wildman–Crippen MR) is 67.3 cm³/mol. The SMILES string of the molecule is CCc1nc(N2CCOCC2)sc1CNC. The van der Waals surface area contributed by atoms with Crippen LogP contribution in [0.25, 0.3) is 0 Å². The Morgan fingerprint density at radius 3 is 2.81 bits per heavy atom. The molecular weight excluding hydrogens is 222 g/mol. The van der Waals surface area contributed by atoms with E-state index in [0.29, 0.717) is 0 Å². The molecular formula is C11H19N3OS. The minimum absolute atomic E-state index is 0.822. The van der Waals surface area contributed by atoms with Crippen LogP contribution in [0, 0.1) is 0 Å². The Morgan fingerprint density at radius 2 is 2.19 bits per heavy atom. The Bertz CT molecular complexity index is 334. The Hall–Kier alpha value is -0.650. The quantitative estimate of drug-likeness (QED) is 0.861. The predicted octanol–water partition coefficient (Wildman–Crippen LogP) is 1.26. The van der Waals surface area contributed by atoms with Gasteiger partial charge in [-0.05, 0) is 13.5 Å². The number of ether oxygens (including phenoxy) is 1. The lowest BCUT2D eigenvalue weighted by molar-refractivity contribution is 0.122. The standard InChI is InChI=1S/C11H19N3OS/c1-3-9-10(8-12-2)16-11(13-9)14-4-6-15-7-5-14/h12H,3-8H2,1-2H3. The van der Waals surface area contributed by atoms with Gasteiger partial charge in [-0.25, -0.2) is 4.98 Å². The van der Waals surface area contributed by atoms with E-state index in [1.807, 2.05) is 18.4 Å². The first-order valence-electron chi connectivity index (χ1n) is 5.81. The van der Waals surface area contributed by atoms with Crippen molar-refractivity contribution in [2.45, 2.75) is 19.9 Å². The molecule has 1 aromatic rings. The smallest absolute Gasteiger partial charge is 0.185 e. The summed E-state index contributed by atoms with van der Waals surface area (Å²) >= 11 is 1.81. The number of hydrogen-bond acceptors (Lipinski definition) is 5. The number of nitrogens with one attached hydrogen (secondary N) is 1. The van der Waals surface area contributed by atoms with Gasteiger partial charge in [-0.2, -0.15) is 0 Å². The summed E-state index contributed by atoms with van der Waals surface area (Å²) in [7, 11) is 1.98. The Morgan fingerprint density at radius 1 is 1.44 bits per heavy atom. The van der Waals surface area contributed by atoms with Gasteiger partial charge in [-0.3, -0.25) is 0 Å². The van der Waals surface area contributed by atoms with Crippen LogP contribution in [0.3, 0.4) is 0 Å². The first-order valence-corrected chi connectivity index (χ1v) is 6.62. The molecule has 90 valence electrons. The van der Waals surface area contributed by atoms with Crippen molar-refractivity contribution in [3.8, 4) is 0 Å². The van der Waals surface area contributed by atoms with E-state index in [1.165, 1.54) is 10.6 Å². The summed E-state index contributed by atoms with van der Waals surface area (Å²) in [6.45, 7) is 6.67. The fraction of sp³-hybridized carbons (Fsp3) is 0.727. The maximum Gasteiger partial charge on any atom is 0.185 e. The molecule has 0 saturated carbocycles. The molecule has 2 heterocycles. The number of anilines is 1. The van der Waals surface area contributed by atoms with E-state index in [9.17, 15) is 0 Å². The van der Waals surface area contributed by atoms with Gasteiger partial charge in [0.2, 0.25) is 0 Å². The molecule has 5 heteroatoms. The van der Waals surface area contributed by atoms with Gasteiger partial charge in [0, 0.05) is 24.5 Å². The first-order chi connectivity index (χ1) is 7.85. The molecule has 0 amide bonds. The Balaban J connectivity index is 2.14. The van der Waals surface area contributed by atoms with Crippen molar-refractivity contribution in [1.29, 1.82) is 0 Å². The zero-order chi connectivity index (χ0) is 11.4. The van der Waals surface area contributed by atoms with Crippen molar-refractivity contribution in [3.63, 3.8) is 0 Å². The van der Waals surface area contributed by atoms with Gasteiger partial charge in [-0.15, -0.1) is 11.3 Å².